The zero-order valence-corrected chi connectivity index (χ0v) is 15.6. The molecule has 3 rings (SSSR count). The highest BCUT2D eigenvalue weighted by molar-refractivity contribution is 7.92. The summed E-state index contributed by atoms with van der Waals surface area (Å²) in [5.74, 6) is 0. The number of benzene rings is 2. The molecular weight excluding hydrogens is 354 g/mol. The number of nitrogens with zero attached hydrogens (tertiary/aromatic N) is 1. The van der Waals surface area contributed by atoms with Crippen LogP contribution in [0.5, 0.6) is 0 Å². The Morgan fingerprint density at radius 1 is 1.08 bits per heavy atom. The van der Waals surface area contributed by atoms with Crippen molar-refractivity contribution in [2.24, 2.45) is 0 Å². The predicted octanol–water partition coefficient (Wildman–Crippen LogP) is 4.56. The second-order valence-corrected chi connectivity index (χ2v) is 8.14. The fraction of sp³-hybridized carbons (Fsp3) is 0.167. The van der Waals surface area contributed by atoms with Gasteiger partial charge < -0.3 is 5.32 Å². The van der Waals surface area contributed by atoms with Crippen molar-refractivity contribution in [2.75, 3.05) is 10.0 Å². The van der Waals surface area contributed by atoms with Crippen molar-refractivity contribution in [3.63, 3.8) is 0 Å². The minimum Gasteiger partial charge on any atom is -0.331 e. The zero-order chi connectivity index (χ0) is 17.9. The van der Waals surface area contributed by atoms with Crippen molar-refractivity contribution in [3.8, 4) is 0 Å². The maximum atomic E-state index is 12.5. The molecule has 1 aromatic heterocycles. The summed E-state index contributed by atoms with van der Waals surface area (Å²) in [4.78, 5) is 4.59. The van der Waals surface area contributed by atoms with Gasteiger partial charge in [-0.2, -0.15) is 0 Å². The Kier molecular flexibility index (Phi) is 5.06. The van der Waals surface area contributed by atoms with E-state index in [9.17, 15) is 8.42 Å². The molecule has 0 fully saturated rings. The van der Waals surface area contributed by atoms with E-state index in [0.29, 0.717) is 5.69 Å². The molecule has 0 aliphatic rings. The first kappa shape index (κ1) is 17.4. The van der Waals surface area contributed by atoms with Gasteiger partial charge in [0, 0.05) is 11.1 Å². The number of anilines is 3. The van der Waals surface area contributed by atoms with E-state index >= 15 is 0 Å². The number of rotatable bonds is 6. The average molecular weight is 374 g/mol. The van der Waals surface area contributed by atoms with Crippen LogP contribution in [0.3, 0.4) is 0 Å². The van der Waals surface area contributed by atoms with Crippen LogP contribution in [-0.4, -0.2) is 13.4 Å². The lowest BCUT2D eigenvalue weighted by Crippen LogP contribution is -2.13. The first-order valence-electron chi connectivity index (χ1n) is 7.87. The molecule has 0 bridgehead atoms. The SMILES string of the molecule is CCc1ccc(S(=O)(=O)Nc2cccc(Nc3nc(C)cs3)c2)cc1. The normalized spacial score (nSPS) is 11.3. The van der Waals surface area contributed by atoms with Crippen LogP contribution in [0.15, 0.2) is 58.8 Å². The highest BCUT2D eigenvalue weighted by atomic mass is 32.2. The minimum absolute atomic E-state index is 0.249. The fourth-order valence-electron chi connectivity index (χ4n) is 2.31. The molecule has 0 saturated heterocycles. The van der Waals surface area contributed by atoms with Gasteiger partial charge in [-0.1, -0.05) is 25.1 Å². The number of aromatic nitrogens is 1. The van der Waals surface area contributed by atoms with Crippen molar-refractivity contribution < 1.29 is 8.42 Å². The lowest BCUT2D eigenvalue weighted by molar-refractivity contribution is 0.601. The van der Waals surface area contributed by atoms with Crippen LogP contribution in [0.25, 0.3) is 0 Å². The highest BCUT2D eigenvalue weighted by Gasteiger charge is 2.14. The predicted molar refractivity (Wildman–Crippen MR) is 103 cm³/mol. The smallest absolute Gasteiger partial charge is 0.261 e. The van der Waals surface area contributed by atoms with E-state index in [1.54, 1.807) is 30.3 Å². The molecule has 0 aliphatic heterocycles. The van der Waals surface area contributed by atoms with E-state index < -0.39 is 10.0 Å². The Morgan fingerprint density at radius 3 is 2.44 bits per heavy atom. The first-order chi connectivity index (χ1) is 12.0. The van der Waals surface area contributed by atoms with Gasteiger partial charge in [0.15, 0.2) is 5.13 Å². The van der Waals surface area contributed by atoms with Gasteiger partial charge in [-0.05, 0) is 49.2 Å². The topological polar surface area (TPSA) is 71.1 Å². The summed E-state index contributed by atoms with van der Waals surface area (Å²) in [7, 11) is -3.61. The second-order valence-electron chi connectivity index (χ2n) is 5.60. The van der Waals surface area contributed by atoms with Crippen LogP contribution in [-0.2, 0) is 16.4 Å². The molecule has 0 atom stereocenters. The number of aryl methyl sites for hydroxylation is 2. The van der Waals surface area contributed by atoms with Crippen molar-refractivity contribution >= 4 is 37.9 Å². The summed E-state index contributed by atoms with van der Waals surface area (Å²) in [6, 6.07) is 14.0. The molecule has 3 aromatic rings. The molecule has 1 heterocycles. The first-order valence-corrected chi connectivity index (χ1v) is 10.2. The number of thiazole rings is 1. The van der Waals surface area contributed by atoms with E-state index in [2.05, 4.69) is 15.0 Å². The number of hydrogen-bond donors (Lipinski definition) is 2. The minimum atomic E-state index is -3.61. The fourth-order valence-corrected chi connectivity index (χ4v) is 4.07. The summed E-state index contributed by atoms with van der Waals surface area (Å²) in [6.45, 7) is 3.96. The van der Waals surface area contributed by atoms with Crippen LogP contribution < -0.4 is 10.0 Å². The molecule has 0 aliphatic carbocycles. The molecular formula is C18H19N3O2S2. The summed E-state index contributed by atoms with van der Waals surface area (Å²) < 4.78 is 27.7. The van der Waals surface area contributed by atoms with Crippen molar-refractivity contribution in [2.45, 2.75) is 25.2 Å². The molecule has 2 N–H and O–H groups in total. The summed E-state index contributed by atoms with van der Waals surface area (Å²) >= 11 is 1.50. The van der Waals surface area contributed by atoms with E-state index in [-0.39, 0.29) is 4.90 Å². The molecule has 7 heteroatoms. The van der Waals surface area contributed by atoms with Crippen molar-refractivity contribution in [1.82, 2.24) is 4.98 Å². The largest absolute Gasteiger partial charge is 0.331 e. The van der Waals surface area contributed by atoms with E-state index in [0.717, 1.165) is 28.5 Å². The maximum absolute atomic E-state index is 12.5. The Morgan fingerprint density at radius 2 is 1.80 bits per heavy atom. The zero-order valence-electron chi connectivity index (χ0n) is 14.0. The van der Waals surface area contributed by atoms with Crippen molar-refractivity contribution in [1.29, 1.82) is 0 Å². The molecule has 0 spiro atoms. The van der Waals surface area contributed by atoms with Gasteiger partial charge in [-0.25, -0.2) is 13.4 Å². The number of sulfonamides is 1. The molecule has 0 amide bonds. The standard InChI is InChI=1S/C18H19N3O2S2/c1-3-14-7-9-17(10-8-14)25(22,23)21-16-6-4-5-15(11-16)20-18-19-13(2)12-24-18/h4-12,21H,3H2,1-2H3,(H,19,20). The molecule has 0 radical (unpaired) electrons. The maximum Gasteiger partial charge on any atom is 0.261 e. The van der Waals surface area contributed by atoms with Gasteiger partial charge in [0.05, 0.1) is 16.3 Å². The average Bonchev–Trinajstić information content (AvgIpc) is 2.99. The second kappa shape index (κ2) is 7.25. The van der Waals surface area contributed by atoms with Gasteiger partial charge in [-0.15, -0.1) is 11.3 Å². The van der Waals surface area contributed by atoms with Gasteiger partial charge in [0.25, 0.3) is 10.0 Å². The third-order valence-electron chi connectivity index (χ3n) is 3.63. The van der Waals surface area contributed by atoms with E-state index in [1.165, 1.54) is 11.3 Å². The number of hydrogen-bond acceptors (Lipinski definition) is 5. The molecule has 25 heavy (non-hydrogen) atoms. The summed E-state index contributed by atoms with van der Waals surface area (Å²) in [5.41, 5.74) is 3.32. The monoisotopic (exact) mass is 373 g/mol. The van der Waals surface area contributed by atoms with E-state index in [1.807, 2.05) is 37.4 Å². The number of nitrogens with one attached hydrogen (secondary N) is 2. The van der Waals surface area contributed by atoms with Crippen LogP contribution in [0, 0.1) is 6.92 Å². The molecule has 130 valence electrons. The molecule has 0 unspecified atom stereocenters. The van der Waals surface area contributed by atoms with E-state index in [4.69, 9.17) is 0 Å². The lowest BCUT2D eigenvalue weighted by Gasteiger charge is -2.10. The Hall–Kier alpha value is -2.38. The Balaban J connectivity index is 1.78. The molecule has 2 aromatic carbocycles. The van der Waals surface area contributed by atoms with Gasteiger partial charge in [0.1, 0.15) is 0 Å². The van der Waals surface area contributed by atoms with Crippen LogP contribution >= 0.6 is 11.3 Å². The summed E-state index contributed by atoms with van der Waals surface area (Å²) in [6.07, 6.45) is 0.873. The molecule has 0 saturated carbocycles. The Labute approximate surface area is 151 Å². The Bertz CT molecular complexity index is 964. The summed E-state index contributed by atoms with van der Waals surface area (Å²) in [5, 5.41) is 5.90. The highest BCUT2D eigenvalue weighted by Crippen LogP contribution is 2.24. The van der Waals surface area contributed by atoms with Gasteiger partial charge >= 0.3 is 0 Å². The quantitative estimate of drug-likeness (QED) is 0.664. The molecule has 5 nitrogen and oxygen atoms in total. The van der Waals surface area contributed by atoms with Gasteiger partial charge in [0.2, 0.25) is 0 Å². The van der Waals surface area contributed by atoms with Crippen molar-refractivity contribution in [3.05, 3.63) is 65.2 Å². The van der Waals surface area contributed by atoms with Crippen LogP contribution in [0.2, 0.25) is 0 Å². The van der Waals surface area contributed by atoms with Gasteiger partial charge in [-0.3, -0.25) is 4.72 Å². The van der Waals surface area contributed by atoms with Crippen LogP contribution in [0.4, 0.5) is 16.5 Å². The third-order valence-corrected chi connectivity index (χ3v) is 5.90. The third kappa shape index (κ3) is 4.37. The van der Waals surface area contributed by atoms with Crippen LogP contribution in [0.1, 0.15) is 18.2 Å². The lowest BCUT2D eigenvalue weighted by atomic mass is 10.2.